The second kappa shape index (κ2) is 15.5. The molecule has 9 heteroatoms. The summed E-state index contributed by atoms with van der Waals surface area (Å²) in [6.07, 6.45) is 10.4. The minimum Gasteiger partial charge on any atom is -0.475 e. The Morgan fingerprint density at radius 3 is 2.29 bits per heavy atom. The van der Waals surface area contributed by atoms with Gasteiger partial charge in [-0.2, -0.15) is 18.2 Å². The van der Waals surface area contributed by atoms with Gasteiger partial charge in [-0.25, -0.2) is 4.79 Å². The van der Waals surface area contributed by atoms with Gasteiger partial charge in [-0.05, 0) is 50.3 Å². The summed E-state index contributed by atoms with van der Waals surface area (Å²) in [5, 5.41) is 14.8. The number of hydrogen-bond donors (Lipinski definition) is 2. The number of benzene rings is 1. The Balaban J connectivity index is 0.000000540. The van der Waals surface area contributed by atoms with Crippen molar-refractivity contribution >= 4 is 5.97 Å². The van der Waals surface area contributed by atoms with Crippen LogP contribution in [0.25, 0.3) is 11.4 Å². The third-order valence-electron chi connectivity index (χ3n) is 6.10. The monoisotopic (exact) mass is 497 g/mol. The van der Waals surface area contributed by atoms with Crippen LogP contribution in [0, 0.1) is 5.92 Å². The summed E-state index contributed by atoms with van der Waals surface area (Å²) in [6.45, 7) is 4.47. The lowest BCUT2D eigenvalue weighted by Gasteiger charge is -2.20. The standard InChI is InChI=1S/C24H37N3O.C2HF3O2/c1-2-3-4-5-6-7-8-9-11-20-13-15-22(16-14-20)24-26-23(28-27-24)18-21-12-10-17-25-19-21;3-2(4,5)1(6)7/h13-16,21,25H,2-12,17-19H2,1H3;(H,6,7). The summed E-state index contributed by atoms with van der Waals surface area (Å²) in [4.78, 5) is 13.5. The zero-order valence-electron chi connectivity index (χ0n) is 20.6. The van der Waals surface area contributed by atoms with Crippen LogP contribution < -0.4 is 5.32 Å². The number of rotatable bonds is 12. The summed E-state index contributed by atoms with van der Waals surface area (Å²) in [7, 11) is 0. The number of nitrogens with one attached hydrogen (secondary N) is 1. The molecule has 1 aromatic heterocycles. The second-order valence-corrected chi connectivity index (χ2v) is 9.15. The minimum absolute atomic E-state index is 0.621. The number of aromatic nitrogens is 2. The van der Waals surface area contributed by atoms with E-state index in [1.807, 2.05) is 0 Å². The largest absolute Gasteiger partial charge is 0.490 e. The van der Waals surface area contributed by atoms with Crippen molar-refractivity contribution in [2.24, 2.45) is 5.92 Å². The molecule has 3 rings (SSSR count). The molecule has 0 aliphatic carbocycles. The number of aliphatic carboxylic acids is 1. The summed E-state index contributed by atoms with van der Waals surface area (Å²) in [5.74, 6) is -0.646. The number of alkyl halides is 3. The molecule has 1 aliphatic rings. The van der Waals surface area contributed by atoms with Gasteiger partial charge in [0.15, 0.2) is 0 Å². The number of unbranched alkanes of at least 4 members (excludes halogenated alkanes) is 7. The van der Waals surface area contributed by atoms with Crippen LogP contribution in [-0.2, 0) is 17.6 Å². The van der Waals surface area contributed by atoms with E-state index in [-0.39, 0.29) is 0 Å². The smallest absolute Gasteiger partial charge is 0.475 e. The molecule has 0 saturated carbocycles. The second-order valence-electron chi connectivity index (χ2n) is 9.15. The van der Waals surface area contributed by atoms with E-state index in [0.717, 1.165) is 36.8 Å². The topological polar surface area (TPSA) is 88.3 Å². The van der Waals surface area contributed by atoms with E-state index in [9.17, 15) is 13.2 Å². The van der Waals surface area contributed by atoms with Gasteiger partial charge < -0.3 is 14.9 Å². The summed E-state index contributed by atoms with van der Waals surface area (Å²) < 4.78 is 37.2. The van der Waals surface area contributed by atoms with Crippen molar-refractivity contribution in [3.05, 3.63) is 35.7 Å². The highest BCUT2D eigenvalue weighted by Gasteiger charge is 2.38. The van der Waals surface area contributed by atoms with Crippen molar-refractivity contribution in [2.75, 3.05) is 13.1 Å². The fourth-order valence-corrected chi connectivity index (χ4v) is 4.08. The predicted octanol–water partition coefficient (Wildman–Crippen LogP) is 6.60. The highest BCUT2D eigenvalue weighted by Crippen LogP contribution is 2.21. The fraction of sp³-hybridized carbons (Fsp3) is 0.654. The SMILES string of the molecule is CCCCCCCCCCc1ccc(-c2noc(CC3CCCNC3)n2)cc1.O=C(O)C(F)(F)F. The molecular weight excluding hydrogens is 459 g/mol. The zero-order chi connectivity index (χ0) is 25.5. The third kappa shape index (κ3) is 11.7. The van der Waals surface area contributed by atoms with Gasteiger partial charge in [-0.15, -0.1) is 0 Å². The molecule has 1 unspecified atom stereocenters. The number of carbonyl (C=O) groups is 1. The molecule has 0 spiro atoms. The molecule has 2 heterocycles. The van der Waals surface area contributed by atoms with Crippen molar-refractivity contribution in [1.29, 1.82) is 0 Å². The number of carboxylic acids is 1. The lowest BCUT2D eigenvalue weighted by Crippen LogP contribution is -2.30. The van der Waals surface area contributed by atoms with Gasteiger partial charge in [0.05, 0.1) is 0 Å². The number of carboxylic acid groups (broad SMARTS) is 1. The van der Waals surface area contributed by atoms with Crippen LogP contribution in [0.1, 0.15) is 82.6 Å². The first kappa shape index (κ1) is 28.8. The van der Waals surface area contributed by atoms with Gasteiger partial charge in [-0.3, -0.25) is 0 Å². The van der Waals surface area contributed by atoms with E-state index in [1.54, 1.807) is 0 Å². The van der Waals surface area contributed by atoms with Gasteiger partial charge in [0.25, 0.3) is 0 Å². The molecule has 196 valence electrons. The highest BCUT2D eigenvalue weighted by molar-refractivity contribution is 5.73. The minimum atomic E-state index is -5.08. The molecule has 1 saturated heterocycles. The highest BCUT2D eigenvalue weighted by atomic mass is 19.4. The first-order valence-electron chi connectivity index (χ1n) is 12.7. The van der Waals surface area contributed by atoms with Crippen LogP contribution in [0.4, 0.5) is 13.2 Å². The molecule has 35 heavy (non-hydrogen) atoms. The van der Waals surface area contributed by atoms with E-state index in [2.05, 4.69) is 46.6 Å². The number of nitrogens with zero attached hydrogens (tertiary/aromatic N) is 2. The van der Waals surface area contributed by atoms with E-state index >= 15 is 0 Å². The number of aryl methyl sites for hydroxylation is 1. The zero-order valence-corrected chi connectivity index (χ0v) is 20.6. The Labute approximate surface area is 205 Å². The maximum atomic E-state index is 10.6. The molecule has 1 aromatic carbocycles. The van der Waals surface area contributed by atoms with Gasteiger partial charge in [0.1, 0.15) is 0 Å². The van der Waals surface area contributed by atoms with Crippen LogP contribution in [-0.4, -0.2) is 40.5 Å². The van der Waals surface area contributed by atoms with Crippen molar-refractivity contribution in [3.63, 3.8) is 0 Å². The lowest BCUT2D eigenvalue weighted by atomic mass is 9.96. The molecule has 0 bridgehead atoms. The normalized spacial score (nSPS) is 15.9. The van der Waals surface area contributed by atoms with Crippen LogP contribution in [0.15, 0.2) is 28.8 Å². The molecule has 1 fully saturated rings. The molecule has 2 aromatic rings. The maximum absolute atomic E-state index is 10.6. The summed E-state index contributed by atoms with van der Waals surface area (Å²) >= 11 is 0. The van der Waals surface area contributed by atoms with Gasteiger partial charge in [0.2, 0.25) is 11.7 Å². The molecule has 1 atom stereocenters. The molecule has 0 radical (unpaired) electrons. The Bertz CT molecular complexity index is 848. The Morgan fingerprint density at radius 2 is 1.71 bits per heavy atom. The number of halogens is 3. The third-order valence-corrected chi connectivity index (χ3v) is 6.10. The van der Waals surface area contributed by atoms with E-state index in [4.69, 9.17) is 14.4 Å². The van der Waals surface area contributed by atoms with Crippen molar-refractivity contribution in [1.82, 2.24) is 15.5 Å². The Morgan fingerprint density at radius 1 is 1.09 bits per heavy atom. The molecule has 0 amide bonds. The van der Waals surface area contributed by atoms with Gasteiger partial charge in [0, 0.05) is 12.0 Å². The summed E-state index contributed by atoms with van der Waals surface area (Å²) in [6, 6.07) is 8.71. The molecule has 6 nitrogen and oxygen atoms in total. The average Bonchev–Trinajstić information content (AvgIpc) is 3.30. The summed E-state index contributed by atoms with van der Waals surface area (Å²) in [5.41, 5.74) is 2.46. The quantitative estimate of drug-likeness (QED) is 0.322. The first-order chi connectivity index (χ1) is 16.8. The maximum Gasteiger partial charge on any atom is 0.490 e. The Hall–Kier alpha value is -2.42. The Kier molecular flexibility index (Phi) is 12.8. The van der Waals surface area contributed by atoms with E-state index in [0.29, 0.717) is 5.92 Å². The predicted molar refractivity (Wildman–Crippen MR) is 129 cm³/mol. The average molecular weight is 498 g/mol. The van der Waals surface area contributed by atoms with Crippen molar-refractivity contribution < 1.29 is 27.6 Å². The van der Waals surface area contributed by atoms with E-state index < -0.39 is 12.1 Å². The van der Waals surface area contributed by atoms with Crippen LogP contribution in [0.5, 0.6) is 0 Å². The molecule has 1 aliphatic heterocycles. The van der Waals surface area contributed by atoms with Crippen molar-refractivity contribution in [3.8, 4) is 11.4 Å². The van der Waals surface area contributed by atoms with E-state index in [1.165, 1.54) is 76.2 Å². The van der Waals surface area contributed by atoms with Crippen LogP contribution in [0.3, 0.4) is 0 Å². The molecule has 2 N–H and O–H groups in total. The number of hydrogen-bond acceptors (Lipinski definition) is 5. The molecular formula is C26H38F3N3O3. The van der Waals surface area contributed by atoms with Crippen LogP contribution in [0.2, 0.25) is 0 Å². The first-order valence-corrected chi connectivity index (χ1v) is 12.7. The number of piperidine rings is 1. The van der Waals surface area contributed by atoms with Crippen LogP contribution >= 0.6 is 0 Å². The lowest BCUT2D eigenvalue weighted by molar-refractivity contribution is -0.192. The van der Waals surface area contributed by atoms with Gasteiger partial charge in [-0.1, -0.05) is 81.3 Å². The van der Waals surface area contributed by atoms with Gasteiger partial charge >= 0.3 is 12.1 Å². The van der Waals surface area contributed by atoms with Crippen molar-refractivity contribution in [2.45, 2.75) is 90.1 Å². The fourth-order valence-electron chi connectivity index (χ4n) is 4.08.